The van der Waals surface area contributed by atoms with E-state index in [1.807, 2.05) is 13.8 Å². The van der Waals surface area contributed by atoms with E-state index in [0.29, 0.717) is 24.6 Å². The highest BCUT2D eigenvalue weighted by molar-refractivity contribution is 5.57. The van der Waals surface area contributed by atoms with Crippen LogP contribution in [0.1, 0.15) is 25.8 Å². The van der Waals surface area contributed by atoms with Gasteiger partial charge in [0.1, 0.15) is 18.0 Å². The Kier molecular flexibility index (Phi) is 6.00. The number of hydrogen-bond donors (Lipinski definition) is 3. The lowest BCUT2D eigenvalue weighted by Crippen LogP contribution is -2.35. The third-order valence-electron chi connectivity index (χ3n) is 2.63. The summed E-state index contributed by atoms with van der Waals surface area (Å²) in [4.78, 5) is 8.03. The first-order valence-electron chi connectivity index (χ1n) is 6.46. The summed E-state index contributed by atoms with van der Waals surface area (Å²) < 4.78 is 36.8. The van der Waals surface area contributed by atoms with E-state index in [0.717, 1.165) is 12.0 Å². The van der Waals surface area contributed by atoms with Gasteiger partial charge >= 0.3 is 6.18 Å². The molecule has 8 heteroatoms. The third-order valence-corrected chi connectivity index (χ3v) is 2.63. The van der Waals surface area contributed by atoms with Crippen molar-refractivity contribution in [2.45, 2.75) is 39.0 Å². The molecule has 0 amide bonds. The summed E-state index contributed by atoms with van der Waals surface area (Å²) in [6.45, 7) is 3.87. The van der Waals surface area contributed by atoms with Crippen LogP contribution in [0, 0.1) is 0 Å². The Morgan fingerprint density at radius 2 is 1.80 bits per heavy atom. The highest BCUT2D eigenvalue weighted by Gasteiger charge is 2.38. The fraction of sp³-hybridized carbons (Fsp3) is 0.667. The first-order chi connectivity index (χ1) is 9.40. The van der Waals surface area contributed by atoms with Crippen molar-refractivity contribution in [2.24, 2.45) is 0 Å². The van der Waals surface area contributed by atoms with Crippen molar-refractivity contribution in [3.05, 3.63) is 11.9 Å². The van der Waals surface area contributed by atoms with Crippen LogP contribution >= 0.6 is 0 Å². The van der Waals surface area contributed by atoms with Crippen LogP contribution < -0.4 is 10.6 Å². The number of anilines is 2. The predicted octanol–water partition coefficient (Wildman–Crippen LogP) is 2.20. The molecule has 0 saturated carbocycles. The second kappa shape index (κ2) is 7.28. The Balaban J connectivity index is 2.85. The van der Waals surface area contributed by atoms with Gasteiger partial charge in [0.15, 0.2) is 6.10 Å². The van der Waals surface area contributed by atoms with Crippen LogP contribution in [-0.2, 0) is 6.42 Å². The van der Waals surface area contributed by atoms with Gasteiger partial charge in [0, 0.05) is 12.1 Å². The van der Waals surface area contributed by atoms with E-state index < -0.39 is 18.8 Å². The Morgan fingerprint density at radius 1 is 1.20 bits per heavy atom. The number of alkyl halides is 3. The van der Waals surface area contributed by atoms with Crippen molar-refractivity contribution in [1.29, 1.82) is 0 Å². The minimum Gasteiger partial charge on any atom is -0.382 e. The minimum absolute atomic E-state index is 0.320. The first-order valence-corrected chi connectivity index (χ1v) is 6.46. The summed E-state index contributed by atoms with van der Waals surface area (Å²) >= 11 is 0. The maximum Gasteiger partial charge on any atom is 0.416 e. The highest BCUT2D eigenvalue weighted by atomic mass is 19.4. The molecule has 0 aliphatic rings. The maximum absolute atomic E-state index is 12.3. The number of halogens is 3. The highest BCUT2D eigenvalue weighted by Crippen LogP contribution is 2.24. The number of aliphatic hydroxyl groups is 1. The summed E-state index contributed by atoms with van der Waals surface area (Å²) in [5.41, 5.74) is 0.728. The molecular formula is C12H19F3N4O. The molecule has 0 radical (unpaired) electrons. The largest absolute Gasteiger partial charge is 0.416 e. The van der Waals surface area contributed by atoms with Gasteiger partial charge in [-0.05, 0) is 13.3 Å². The molecule has 114 valence electrons. The van der Waals surface area contributed by atoms with E-state index in [2.05, 4.69) is 20.6 Å². The molecule has 0 spiro atoms. The fourth-order valence-electron chi connectivity index (χ4n) is 1.68. The Hall–Kier alpha value is -1.57. The summed E-state index contributed by atoms with van der Waals surface area (Å²) in [6, 6.07) is 0. The van der Waals surface area contributed by atoms with Crippen molar-refractivity contribution in [1.82, 2.24) is 9.97 Å². The van der Waals surface area contributed by atoms with Gasteiger partial charge in [0.25, 0.3) is 0 Å². The number of rotatable bonds is 7. The lowest BCUT2D eigenvalue weighted by molar-refractivity contribution is -0.198. The summed E-state index contributed by atoms with van der Waals surface area (Å²) in [7, 11) is 0. The van der Waals surface area contributed by atoms with Gasteiger partial charge < -0.3 is 15.7 Å². The third kappa shape index (κ3) is 4.52. The molecule has 1 atom stereocenters. The number of hydrogen-bond acceptors (Lipinski definition) is 5. The molecule has 3 N–H and O–H groups in total. The van der Waals surface area contributed by atoms with E-state index in [9.17, 15) is 13.2 Å². The molecule has 5 nitrogen and oxygen atoms in total. The van der Waals surface area contributed by atoms with Crippen molar-refractivity contribution in [3.8, 4) is 0 Å². The maximum atomic E-state index is 12.3. The molecule has 1 rings (SSSR count). The van der Waals surface area contributed by atoms with Crippen LogP contribution in [0.5, 0.6) is 0 Å². The topological polar surface area (TPSA) is 70.1 Å². The van der Waals surface area contributed by atoms with Gasteiger partial charge in [0.05, 0.1) is 6.54 Å². The van der Waals surface area contributed by atoms with E-state index >= 15 is 0 Å². The number of nitrogens with one attached hydrogen (secondary N) is 2. The fourth-order valence-corrected chi connectivity index (χ4v) is 1.68. The first kappa shape index (κ1) is 16.5. The molecule has 0 aromatic carbocycles. The van der Waals surface area contributed by atoms with Gasteiger partial charge in [-0.1, -0.05) is 13.3 Å². The molecule has 1 aromatic rings. The van der Waals surface area contributed by atoms with Gasteiger partial charge in [-0.2, -0.15) is 13.2 Å². The minimum atomic E-state index is -4.64. The molecule has 0 fully saturated rings. The predicted molar refractivity (Wildman–Crippen MR) is 70.7 cm³/mol. The molecule has 1 heterocycles. The normalized spacial score (nSPS) is 13.1. The average Bonchev–Trinajstić information content (AvgIpc) is 2.38. The lowest BCUT2D eigenvalue weighted by atomic mass is 10.1. The lowest BCUT2D eigenvalue weighted by Gasteiger charge is -2.18. The monoisotopic (exact) mass is 292 g/mol. The van der Waals surface area contributed by atoms with Crippen LogP contribution in [0.3, 0.4) is 0 Å². The van der Waals surface area contributed by atoms with Crippen LogP contribution in [-0.4, -0.2) is 40.4 Å². The second-order valence-corrected chi connectivity index (χ2v) is 4.27. The van der Waals surface area contributed by atoms with E-state index in [4.69, 9.17) is 5.11 Å². The molecule has 20 heavy (non-hydrogen) atoms. The van der Waals surface area contributed by atoms with Crippen molar-refractivity contribution >= 4 is 11.6 Å². The van der Waals surface area contributed by atoms with Crippen molar-refractivity contribution in [2.75, 3.05) is 23.7 Å². The zero-order valence-electron chi connectivity index (χ0n) is 11.5. The summed E-state index contributed by atoms with van der Waals surface area (Å²) in [6.07, 6.45) is -4.35. The molecule has 1 unspecified atom stereocenters. The molecule has 0 aliphatic carbocycles. The molecule has 0 saturated heterocycles. The SMILES string of the molecule is CCCc1c(NCC)ncnc1NCC(O)C(F)(F)F. The van der Waals surface area contributed by atoms with Gasteiger partial charge in [0.2, 0.25) is 0 Å². The standard InChI is InChI=1S/C12H19F3N4O/c1-3-5-8-10(16-4-2)18-7-19-11(8)17-6-9(20)12(13,14)15/h7,9,20H,3-6H2,1-2H3,(H2,16,17,18,19). The Bertz CT molecular complexity index is 426. The van der Waals surface area contributed by atoms with Crippen LogP contribution in [0.25, 0.3) is 0 Å². The number of aromatic nitrogens is 2. The zero-order chi connectivity index (χ0) is 15.2. The molecule has 0 bridgehead atoms. The van der Waals surface area contributed by atoms with Crippen LogP contribution in [0.4, 0.5) is 24.8 Å². The van der Waals surface area contributed by atoms with Crippen LogP contribution in [0.2, 0.25) is 0 Å². The smallest absolute Gasteiger partial charge is 0.382 e. The summed E-state index contributed by atoms with van der Waals surface area (Å²) in [5.74, 6) is 0.925. The van der Waals surface area contributed by atoms with E-state index in [-0.39, 0.29) is 0 Å². The second-order valence-electron chi connectivity index (χ2n) is 4.27. The van der Waals surface area contributed by atoms with E-state index in [1.54, 1.807) is 0 Å². The molecular weight excluding hydrogens is 273 g/mol. The average molecular weight is 292 g/mol. The van der Waals surface area contributed by atoms with Crippen LogP contribution in [0.15, 0.2) is 6.33 Å². The van der Waals surface area contributed by atoms with Crippen molar-refractivity contribution in [3.63, 3.8) is 0 Å². The van der Waals surface area contributed by atoms with Gasteiger partial charge in [-0.25, -0.2) is 9.97 Å². The Labute approximate surface area is 115 Å². The zero-order valence-corrected chi connectivity index (χ0v) is 11.5. The number of nitrogens with zero attached hydrogens (tertiary/aromatic N) is 2. The molecule has 0 aliphatic heterocycles. The number of aliphatic hydroxyl groups excluding tert-OH is 1. The van der Waals surface area contributed by atoms with Gasteiger partial charge in [-0.15, -0.1) is 0 Å². The van der Waals surface area contributed by atoms with Crippen molar-refractivity contribution < 1.29 is 18.3 Å². The summed E-state index contributed by atoms with van der Waals surface area (Å²) in [5, 5.41) is 14.6. The Morgan fingerprint density at radius 3 is 2.30 bits per heavy atom. The quantitative estimate of drug-likeness (QED) is 0.718. The van der Waals surface area contributed by atoms with Gasteiger partial charge in [-0.3, -0.25) is 0 Å². The molecule has 1 aromatic heterocycles. The van der Waals surface area contributed by atoms with E-state index in [1.165, 1.54) is 6.33 Å².